The third-order valence-corrected chi connectivity index (χ3v) is 21.0. The van der Waals surface area contributed by atoms with Crippen molar-refractivity contribution in [3.8, 4) is 18.1 Å². The van der Waals surface area contributed by atoms with Gasteiger partial charge in [-0.1, -0.05) is 124 Å². The molecule has 0 radical (unpaired) electrons. The maximum atomic E-state index is 13.2. The number of guanidine groups is 2. The van der Waals surface area contributed by atoms with Gasteiger partial charge in [0.05, 0.1) is 78.2 Å². The number of likely N-dealkylation sites (tertiary alicyclic amines) is 1. The van der Waals surface area contributed by atoms with E-state index >= 15 is 0 Å². The molecule has 31 nitrogen and oxygen atoms in total. The number of carbonyl (C=O) groups excluding carboxylic acids is 5. The van der Waals surface area contributed by atoms with Crippen LogP contribution in [0.3, 0.4) is 0 Å². The zero-order valence-electron chi connectivity index (χ0n) is 62.3. The summed E-state index contributed by atoms with van der Waals surface area (Å²) in [5.41, 5.74) is 5.85. The number of aliphatic hydroxyl groups is 3. The molecule has 6 atom stereocenters. The fourth-order valence-electron chi connectivity index (χ4n) is 13.0. The van der Waals surface area contributed by atoms with E-state index in [1.807, 2.05) is 18.2 Å². The monoisotopic (exact) mass is 1730 g/mol. The number of hydrogen-bond donors (Lipinski definition) is 13. The van der Waals surface area contributed by atoms with E-state index in [-0.39, 0.29) is 127 Å². The standard InChI is InChI=1S/C30H26Cl2N2O6.C27H25Cl2N7O6.C23H24Cl2FN5O5/c1-16(35)18-7-4-5-17(11-18)12-23(30(38)39)33-28(36)26-22(31)13-20-15-34(10-9-21(20)27(26)32)29(37)25-14-19-6-2-3-8-24(19)40-25;28-18-8-15-11-35(25(39)20-9-14-2-1-5-31-24(14)42-20)7-4-17(15)22(29)21(18)23(38)34-19(26(40)41)10-32-27(33-13-30)36-6-3-16(37)12-36;24-16-8-13(4-5-19(33)14-2-1-3-15(32)10-14)9-17(25)20(16)21(34)31-18(22(35)36)11-29-23(30-12-27)28-7-6-26/h2-8,11,13-14,16,23,35H,9-10,12,15H2,1H3,(H,33,36)(H,38,39);1-2,5,8-9,16,19,37H,3-4,6-7,10-12H2,(H,32,33)(H,34,38)(H,40,41);1-3,8-10,18-19,32-33H,4-7,11H2,(H,31,34)(H,35,36)(H2,28,29,30)/t16-,23-;16-,19-;18-,19?/m000/s1. The van der Waals surface area contributed by atoms with Gasteiger partial charge in [-0.25, -0.2) is 33.7 Å². The molecule has 0 bridgehead atoms. The molecular formula is C80H75Cl6FN14O17. The number of aromatic hydroxyl groups is 1. The fourth-order valence-corrected chi connectivity index (χ4v) is 15.3. The lowest BCUT2D eigenvalue weighted by Gasteiger charge is -2.30. The van der Waals surface area contributed by atoms with Crippen LogP contribution in [0.2, 0.25) is 30.1 Å². The van der Waals surface area contributed by atoms with Crippen molar-refractivity contribution < 1.29 is 87.3 Å². The number of carbonyl (C=O) groups is 8. The molecule has 3 aromatic heterocycles. The van der Waals surface area contributed by atoms with Gasteiger partial charge in [0.2, 0.25) is 17.6 Å². The highest BCUT2D eigenvalue weighted by molar-refractivity contribution is 6.42. The third kappa shape index (κ3) is 22.5. The van der Waals surface area contributed by atoms with Gasteiger partial charge >= 0.3 is 17.9 Å². The second-order valence-electron chi connectivity index (χ2n) is 27.1. The first-order valence-electron chi connectivity index (χ1n) is 36.3. The van der Waals surface area contributed by atoms with Crippen molar-refractivity contribution in [3.05, 3.63) is 230 Å². The number of alkyl halides is 1. The molecule has 0 spiro atoms. The lowest BCUT2D eigenvalue weighted by atomic mass is 9.96. The molecule has 6 aromatic carbocycles. The van der Waals surface area contributed by atoms with Crippen LogP contribution in [0.1, 0.15) is 129 Å². The van der Waals surface area contributed by atoms with Gasteiger partial charge in [-0.2, -0.15) is 10.5 Å². The Hall–Kier alpha value is -11.8. The Morgan fingerprint density at radius 3 is 1.70 bits per heavy atom. The molecule has 1 fully saturated rings. The zero-order valence-corrected chi connectivity index (χ0v) is 66.9. The quantitative estimate of drug-likeness (QED) is 0.0116. The number of para-hydroxylation sites is 1. The number of hydrogen-bond acceptors (Lipinski definition) is 19. The van der Waals surface area contributed by atoms with Crippen molar-refractivity contribution >= 4 is 151 Å². The highest BCUT2D eigenvalue weighted by Gasteiger charge is 2.35. The molecule has 0 saturated carbocycles. The first-order chi connectivity index (χ1) is 56.4. The number of nitrogens with zero attached hydrogens (tertiary/aromatic N) is 8. The molecular weight excluding hydrogens is 1660 g/mol. The Morgan fingerprint density at radius 2 is 1.15 bits per heavy atom. The third-order valence-electron chi connectivity index (χ3n) is 19.0. The van der Waals surface area contributed by atoms with Gasteiger partial charge in [0.15, 0.2) is 23.9 Å². The van der Waals surface area contributed by atoms with Crippen LogP contribution in [-0.4, -0.2) is 192 Å². The zero-order chi connectivity index (χ0) is 85.2. The number of nitrogens with one attached hydrogen (secondary N) is 6. The molecule has 5 amide bonds. The number of aliphatic imine (C=N–C) groups is 2. The van der Waals surface area contributed by atoms with Crippen LogP contribution >= 0.6 is 69.6 Å². The Morgan fingerprint density at radius 1 is 0.610 bits per heavy atom. The van der Waals surface area contributed by atoms with E-state index in [4.69, 9.17) is 89.0 Å². The summed E-state index contributed by atoms with van der Waals surface area (Å²) in [5.74, 6) is -6.59. The smallest absolute Gasteiger partial charge is 0.328 e. The van der Waals surface area contributed by atoms with Crippen molar-refractivity contribution in [1.82, 2.24) is 51.6 Å². The Bertz CT molecular complexity index is 5370. The number of halogens is 7. The van der Waals surface area contributed by atoms with Gasteiger partial charge in [-0.3, -0.25) is 34.6 Å². The number of aryl methyl sites for hydroxylation is 1. The van der Waals surface area contributed by atoms with Crippen molar-refractivity contribution in [2.24, 2.45) is 9.98 Å². The summed E-state index contributed by atoms with van der Waals surface area (Å²) in [5, 5.41) is 102. The van der Waals surface area contributed by atoms with Gasteiger partial charge in [0.25, 0.3) is 29.5 Å². The summed E-state index contributed by atoms with van der Waals surface area (Å²) >= 11 is 38.8. The van der Waals surface area contributed by atoms with Gasteiger partial charge in [-0.05, 0) is 150 Å². The Kier molecular flexibility index (Phi) is 30.6. The molecule has 1 unspecified atom stereocenters. The SMILES string of the molecule is C[C@H](O)c1cccc(C[C@H](NC(=O)c2c(Cl)cc3c(c2Cl)CCN(C(=O)c2cc4ccccc4o2)C3)C(=O)O)c1.N#CNC(=NC[C@H](NC(=O)c1c(Cl)cc(CCC(O)c2cccc(O)c2)cc1Cl)C(=O)O)NCCF.N#CNC(=NC[C@H](NC(=O)c1c(Cl)cc2c(c1Cl)CCN(C(=O)c1cc3cccnc3o1)C2)C(=O)O)N1CC[C@H](O)C1. The van der Waals surface area contributed by atoms with E-state index in [1.165, 1.54) is 24.3 Å². The molecule has 38 heteroatoms. The number of benzene rings is 6. The van der Waals surface area contributed by atoms with Crippen LogP contribution in [0.25, 0.3) is 22.1 Å². The Labute approximate surface area is 702 Å². The summed E-state index contributed by atoms with van der Waals surface area (Å²) in [6.07, 6.45) is 4.57. The predicted octanol–water partition coefficient (Wildman–Crippen LogP) is 9.96. The molecule has 0 aliphatic carbocycles. The predicted molar refractivity (Wildman–Crippen MR) is 434 cm³/mol. The molecule has 13 N–H and O–H groups in total. The summed E-state index contributed by atoms with van der Waals surface area (Å²) < 4.78 is 23.7. The molecule has 1 saturated heterocycles. The molecule has 6 heterocycles. The van der Waals surface area contributed by atoms with Crippen LogP contribution in [0.4, 0.5) is 4.39 Å². The number of phenolic OH excluding ortho intramolecular Hbond substituents is 1. The number of nitriles is 2. The summed E-state index contributed by atoms with van der Waals surface area (Å²) in [6.45, 7) is 1.56. The minimum atomic E-state index is -1.50. The van der Waals surface area contributed by atoms with Gasteiger partial charge in [0.1, 0.15) is 36.1 Å². The molecule has 3 aliphatic heterocycles. The highest BCUT2D eigenvalue weighted by Crippen LogP contribution is 2.38. The van der Waals surface area contributed by atoms with Gasteiger partial charge in [0, 0.05) is 69.2 Å². The van der Waals surface area contributed by atoms with Crippen molar-refractivity contribution in [2.45, 2.75) is 95.0 Å². The van der Waals surface area contributed by atoms with E-state index in [1.54, 1.807) is 119 Å². The maximum Gasteiger partial charge on any atom is 0.328 e. The van der Waals surface area contributed by atoms with Crippen LogP contribution in [-0.2, 0) is 53.2 Å². The number of pyridine rings is 1. The number of aliphatic hydroxyl groups excluding tert-OH is 3. The first kappa shape index (κ1) is 88.5. The van der Waals surface area contributed by atoms with E-state index < -0.39 is 91.8 Å². The van der Waals surface area contributed by atoms with E-state index in [9.17, 15) is 78.5 Å². The van der Waals surface area contributed by atoms with E-state index in [2.05, 4.69) is 46.9 Å². The molecule has 118 heavy (non-hydrogen) atoms. The number of carboxylic acid groups (broad SMARTS) is 3. The van der Waals surface area contributed by atoms with Crippen LogP contribution in [0.5, 0.6) is 5.75 Å². The molecule has 3 aliphatic rings. The summed E-state index contributed by atoms with van der Waals surface area (Å²) in [6, 6.07) is 29.3. The normalized spacial score (nSPS) is 15.0. The lowest BCUT2D eigenvalue weighted by molar-refractivity contribution is -0.140. The molecule has 9 aromatic rings. The minimum absolute atomic E-state index is 0.000669. The van der Waals surface area contributed by atoms with Crippen LogP contribution in [0, 0.1) is 22.9 Å². The number of phenols is 1. The van der Waals surface area contributed by atoms with Crippen molar-refractivity contribution in [3.63, 3.8) is 0 Å². The average molecular weight is 1740 g/mol. The van der Waals surface area contributed by atoms with E-state index in [0.717, 1.165) is 5.39 Å². The number of furan rings is 2. The lowest BCUT2D eigenvalue weighted by Crippen LogP contribution is -2.45. The van der Waals surface area contributed by atoms with E-state index in [0.29, 0.717) is 107 Å². The second kappa shape index (κ2) is 40.8. The highest BCUT2D eigenvalue weighted by atomic mass is 35.5. The average Bonchev–Trinajstić information content (AvgIpc) is 0.819. The van der Waals surface area contributed by atoms with Crippen molar-refractivity contribution in [2.75, 3.05) is 52.5 Å². The maximum absolute atomic E-state index is 13.2. The van der Waals surface area contributed by atoms with Crippen LogP contribution < -0.4 is 31.9 Å². The van der Waals surface area contributed by atoms with Crippen LogP contribution in [0.15, 0.2) is 146 Å². The minimum Gasteiger partial charge on any atom is -0.508 e. The van der Waals surface area contributed by atoms with Gasteiger partial charge in [-0.15, -0.1) is 0 Å². The van der Waals surface area contributed by atoms with Gasteiger partial charge < -0.3 is 80.5 Å². The number of amides is 5. The molecule has 12 rings (SSSR count). The summed E-state index contributed by atoms with van der Waals surface area (Å²) in [7, 11) is 0. The number of aromatic nitrogens is 1. The Balaban J connectivity index is 0.000000187. The topological polar surface area (TPSA) is 472 Å². The number of carboxylic acids is 3. The largest absolute Gasteiger partial charge is 0.508 e. The number of fused-ring (bicyclic) bond motifs is 4. The van der Waals surface area contributed by atoms with Crippen molar-refractivity contribution in [1.29, 1.82) is 10.5 Å². The second-order valence-corrected chi connectivity index (χ2v) is 29.5. The fraction of sp³-hybridized carbons (Fsp3) is 0.287. The first-order valence-corrected chi connectivity index (χ1v) is 38.6. The number of rotatable bonds is 24. The summed E-state index contributed by atoms with van der Waals surface area (Å²) in [4.78, 5) is 118. The number of aliphatic carboxylic acids is 3. The molecule has 616 valence electrons. The number of β-amino-alcohol motifs (C(OH)–C–C–N with tert-alkyl or cyclic N) is 1.